The van der Waals surface area contributed by atoms with Crippen LogP contribution in [-0.2, 0) is 16.0 Å². The average molecular weight is 605 g/mol. The molecule has 0 spiro atoms. The number of piperazine rings is 1. The lowest BCUT2D eigenvalue weighted by Gasteiger charge is -2.46. The van der Waals surface area contributed by atoms with Crippen LogP contribution in [0.4, 0.5) is 11.5 Å². The van der Waals surface area contributed by atoms with Gasteiger partial charge in [-0.15, -0.1) is 0 Å². The van der Waals surface area contributed by atoms with Gasteiger partial charge in [-0.1, -0.05) is 23.7 Å². The molecule has 13 heteroatoms. The van der Waals surface area contributed by atoms with Gasteiger partial charge in [0.15, 0.2) is 0 Å². The van der Waals surface area contributed by atoms with Gasteiger partial charge in [0.2, 0.25) is 11.9 Å². The Morgan fingerprint density at radius 2 is 1.88 bits per heavy atom. The summed E-state index contributed by atoms with van der Waals surface area (Å²) < 4.78 is 12.2. The molecule has 2 aromatic heterocycles. The molecule has 224 valence electrons. The second-order valence-corrected chi connectivity index (χ2v) is 10.4. The SMILES string of the molecule is COc1ccc(NC(=O)C2(CC(=O)NCCc3cccc(OC)c3)CNCCN2c2cc(Cl)nc(-n3ccnc3)n2)cc1. The van der Waals surface area contributed by atoms with Gasteiger partial charge >= 0.3 is 0 Å². The third-order valence-corrected chi connectivity index (χ3v) is 7.41. The van der Waals surface area contributed by atoms with Crippen molar-refractivity contribution in [3.63, 3.8) is 0 Å². The van der Waals surface area contributed by atoms with Crippen LogP contribution in [0.3, 0.4) is 0 Å². The molecule has 2 amide bonds. The average Bonchev–Trinajstić information content (AvgIpc) is 3.57. The molecule has 3 heterocycles. The molecular formula is C30H33ClN8O4. The van der Waals surface area contributed by atoms with Crippen molar-refractivity contribution in [3.8, 4) is 17.4 Å². The number of hydrogen-bond donors (Lipinski definition) is 3. The first-order valence-electron chi connectivity index (χ1n) is 13.8. The quantitative estimate of drug-likeness (QED) is 0.221. The van der Waals surface area contributed by atoms with Gasteiger partial charge in [-0.05, 0) is 48.4 Å². The number of halogens is 1. The van der Waals surface area contributed by atoms with Crippen LogP contribution in [0.5, 0.6) is 11.5 Å². The number of rotatable bonds is 11. The molecule has 1 unspecified atom stereocenters. The van der Waals surface area contributed by atoms with E-state index in [2.05, 4.69) is 25.9 Å². The summed E-state index contributed by atoms with van der Waals surface area (Å²) in [6, 6.07) is 16.3. The van der Waals surface area contributed by atoms with Crippen molar-refractivity contribution in [3.05, 3.63) is 84.0 Å². The minimum Gasteiger partial charge on any atom is -0.497 e. The van der Waals surface area contributed by atoms with E-state index in [4.69, 9.17) is 26.1 Å². The van der Waals surface area contributed by atoms with Crippen molar-refractivity contribution < 1.29 is 19.1 Å². The number of imidazole rings is 1. The highest BCUT2D eigenvalue weighted by molar-refractivity contribution is 6.29. The molecule has 1 aliphatic rings. The highest BCUT2D eigenvalue weighted by atomic mass is 35.5. The third kappa shape index (κ3) is 7.04. The number of carbonyl (C=O) groups excluding carboxylic acids is 2. The molecular weight excluding hydrogens is 572 g/mol. The van der Waals surface area contributed by atoms with Crippen LogP contribution in [0.1, 0.15) is 12.0 Å². The number of methoxy groups -OCH3 is 2. The van der Waals surface area contributed by atoms with Crippen molar-refractivity contribution in [2.75, 3.05) is 50.6 Å². The van der Waals surface area contributed by atoms with E-state index in [0.29, 0.717) is 49.3 Å². The van der Waals surface area contributed by atoms with E-state index >= 15 is 0 Å². The summed E-state index contributed by atoms with van der Waals surface area (Å²) in [4.78, 5) is 42.7. The van der Waals surface area contributed by atoms with Gasteiger partial charge in [0.25, 0.3) is 5.91 Å². The molecule has 0 aliphatic carbocycles. The minimum atomic E-state index is -1.35. The van der Waals surface area contributed by atoms with Gasteiger partial charge in [-0.25, -0.2) is 9.97 Å². The van der Waals surface area contributed by atoms with Crippen molar-refractivity contribution in [1.29, 1.82) is 0 Å². The summed E-state index contributed by atoms with van der Waals surface area (Å²) in [5.74, 6) is 1.47. The van der Waals surface area contributed by atoms with Crippen LogP contribution < -0.4 is 30.3 Å². The number of hydrogen-bond acceptors (Lipinski definition) is 9. The predicted octanol–water partition coefficient (Wildman–Crippen LogP) is 2.87. The Labute approximate surface area is 254 Å². The number of benzene rings is 2. The van der Waals surface area contributed by atoms with Crippen molar-refractivity contribution in [1.82, 2.24) is 30.2 Å². The number of anilines is 2. The van der Waals surface area contributed by atoms with Crippen LogP contribution >= 0.6 is 11.6 Å². The van der Waals surface area contributed by atoms with E-state index < -0.39 is 5.54 Å². The van der Waals surface area contributed by atoms with Crippen LogP contribution in [0.2, 0.25) is 5.15 Å². The standard InChI is InChI=1S/C30H33ClN8O4/c1-42-23-8-6-22(7-9-23)35-28(41)30(18-27(40)34-11-10-21-4-3-5-24(16-21)43-2)19-32-13-15-39(30)26-17-25(31)36-29(37-26)38-14-12-33-20-38/h3-9,12,14,16-17,20,32H,10-11,13,15,18-19H2,1-2H3,(H,34,40)(H,35,41). The van der Waals surface area contributed by atoms with Crippen LogP contribution in [0.15, 0.2) is 73.3 Å². The van der Waals surface area contributed by atoms with E-state index in [9.17, 15) is 9.59 Å². The van der Waals surface area contributed by atoms with Crippen molar-refractivity contribution in [2.24, 2.45) is 0 Å². The fourth-order valence-electron chi connectivity index (χ4n) is 5.02. The molecule has 0 bridgehead atoms. The maximum absolute atomic E-state index is 14.2. The van der Waals surface area contributed by atoms with E-state index in [0.717, 1.165) is 11.3 Å². The lowest BCUT2D eigenvalue weighted by molar-refractivity contribution is -0.129. The first-order chi connectivity index (χ1) is 20.9. The van der Waals surface area contributed by atoms with Gasteiger partial charge in [-0.2, -0.15) is 4.98 Å². The molecule has 0 radical (unpaired) electrons. The molecule has 2 aromatic carbocycles. The highest BCUT2D eigenvalue weighted by Crippen LogP contribution is 2.31. The van der Waals surface area contributed by atoms with E-state index in [1.165, 1.54) is 0 Å². The molecule has 3 N–H and O–H groups in total. The summed E-state index contributed by atoms with van der Waals surface area (Å²) in [6.07, 6.45) is 5.34. The van der Waals surface area contributed by atoms with E-state index in [-0.39, 0.29) is 29.9 Å². The summed E-state index contributed by atoms with van der Waals surface area (Å²) in [7, 11) is 3.19. The second-order valence-electron chi connectivity index (χ2n) is 9.99. The molecule has 4 aromatic rings. The first kappa shape index (κ1) is 29.8. The predicted molar refractivity (Wildman–Crippen MR) is 163 cm³/mol. The number of nitrogens with zero attached hydrogens (tertiary/aromatic N) is 5. The monoisotopic (exact) mass is 604 g/mol. The Bertz CT molecular complexity index is 1550. The Morgan fingerprint density at radius 3 is 2.63 bits per heavy atom. The molecule has 43 heavy (non-hydrogen) atoms. The Kier molecular flexibility index (Phi) is 9.38. The van der Waals surface area contributed by atoms with Gasteiger partial charge in [0.05, 0.1) is 20.6 Å². The Hall–Kier alpha value is -4.68. The molecule has 1 aliphatic heterocycles. The van der Waals surface area contributed by atoms with Crippen molar-refractivity contribution in [2.45, 2.75) is 18.4 Å². The number of aromatic nitrogens is 4. The number of amides is 2. The Morgan fingerprint density at radius 1 is 1.07 bits per heavy atom. The van der Waals surface area contributed by atoms with Crippen LogP contribution in [0, 0.1) is 0 Å². The lowest BCUT2D eigenvalue weighted by Crippen LogP contribution is -2.68. The minimum absolute atomic E-state index is 0.137. The fourth-order valence-corrected chi connectivity index (χ4v) is 5.19. The highest BCUT2D eigenvalue weighted by Gasteiger charge is 2.48. The normalized spacial score (nSPS) is 16.4. The van der Waals surface area contributed by atoms with Crippen LogP contribution in [0.25, 0.3) is 5.95 Å². The largest absolute Gasteiger partial charge is 0.497 e. The zero-order valence-corrected chi connectivity index (χ0v) is 24.7. The molecule has 5 rings (SSSR count). The summed E-state index contributed by atoms with van der Waals surface area (Å²) in [5, 5.41) is 9.49. The van der Waals surface area contributed by atoms with E-state index in [1.807, 2.05) is 29.2 Å². The summed E-state index contributed by atoms with van der Waals surface area (Å²) in [6.45, 7) is 1.54. The summed E-state index contributed by atoms with van der Waals surface area (Å²) in [5.41, 5.74) is 0.242. The van der Waals surface area contributed by atoms with Gasteiger partial charge < -0.3 is 30.3 Å². The zero-order valence-electron chi connectivity index (χ0n) is 23.9. The van der Waals surface area contributed by atoms with Crippen molar-refractivity contribution >= 4 is 34.9 Å². The molecule has 12 nitrogen and oxygen atoms in total. The van der Waals surface area contributed by atoms with Gasteiger partial charge in [0, 0.05) is 50.3 Å². The zero-order chi connectivity index (χ0) is 30.2. The number of nitrogens with one attached hydrogen (secondary N) is 3. The maximum atomic E-state index is 14.2. The second kappa shape index (κ2) is 13.5. The number of ether oxygens (including phenoxy) is 2. The smallest absolute Gasteiger partial charge is 0.252 e. The van der Waals surface area contributed by atoms with Gasteiger partial charge in [0.1, 0.15) is 34.3 Å². The maximum Gasteiger partial charge on any atom is 0.252 e. The van der Waals surface area contributed by atoms with E-state index in [1.54, 1.807) is 67.8 Å². The molecule has 1 fully saturated rings. The third-order valence-electron chi connectivity index (χ3n) is 7.22. The molecule has 1 saturated heterocycles. The summed E-state index contributed by atoms with van der Waals surface area (Å²) >= 11 is 6.44. The first-order valence-corrected chi connectivity index (χ1v) is 14.1. The molecule has 1 atom stereocenters. The lowest BCUT2D eigenvalue weighted by atomic mass is 9.88. The fraction of sp³-hybridized carbons (Fsp3) is 0.300. The Balaban J connectivity index is 1.43. The van der Waals surface area contributed by atoms with Crippen LogP contribution in [-0.4, -0.2) is 77.3 Å². The topological polar surface area (TPSA) is 136 Å². The molecule has 0 saturated carbocycles. The number of carbonyl (C=O) groups is 2. The van der Waals surface area contributed by atoms with Gasteiger partial charge in [-0.3, -0.25) is 14.2 Å².